The SMILES string of the molecule is O=C(C1CCN(c2nc3ccccc3o2)CC1)N1CCN(c2ccccc2F)CC1. The Hall–Kier alpha value is -3.09. The van der Waals surface area contributed by atoms with Crippen molar-refractivity contribution in [2.45, 2.75) is 12.8 Å². The van der Waals surface area contributed by atoms with E-state index in [4.69, 9.17) is 4.42 Å². The number of para-hydroxylation sites is 3. The Morgan fingerprint density at radius 3 is 2.33 bits per heavy atom. The monoisotopic (exact) mass is 408 g/mol. The van der Waals surface area contributed by atoms with Gasteiger partial charge in [0.15, 0.2) is 5.58 Å². The van der Waals surface area contributed by atoms with Crippen LogP contribution in [-0.2, 0) is 4.79 Å². The van der Waals surface area contributed by atoms with Gasteiger partial charge in [-0.05, 0) is 37.1 Å². The highest BCUT2D eigenvalue weighted by atomic mass is 19.1. The lowest BCUT2D eigenvalue weighted by molar-refractivity contribution is -0.136. The van der Waals surface area contributed by atoms with Gasteiger partial charge in [-0.2, -0.15) is 4.98 Å². The lowest BCUT2D eigenvalue weighted by atomic mass is 9.95. The van der Waals surface area contributed by atoms with E-state index in [9.17, 15) is 9.18 Å². The molecule has 0 N–H and O–H groups in total. The molecular weight excluding hydrogens is 383 g/mol. The minimum Gasteiger partial charge on any atom is -0.423 e. The van der Waals surface area contributed by atoms with Crippen LogP contribution in [0.3, 0.4) is 0 Å². The molecule has 5 rings (SSSR count). The number of anilines is 2. The molecule has 2 aliphatic heterocycles. The highest BCUT2D eigenvalue weighted by Crippen LogP contribution is 2.28. The lowest BCUT2D eigenvalue weighted by Crippen LogP contribution is -2.52. The third-order valence-corrected chi connectivity index (χ3v) is 6.18. The van der Waals surface area contributed by atoms with Crippen LogP contribution >= 0.6 is 0 Å². The number of rotatable bonds is 3. The second-order valence-electron chi connectivity index (χ2n) is 7.99. The van der Waals surface area contributed by atoms with Crippen molar-refractivity contribution < 1.29 is 13.6 Å². The van der Waals surface area contributed by atoms with E-state index in [1.54, 1.807) is 12.1 Å². The number of oxazole rings is 1. The molecule has 2 aliphatic rings. The van der Waals surface area contributed by atoms with Gasteiger partial charge in [0.2, 0.25) is 5.91 Å². The highest BCUT2D eigenvalue weighted by Gasteiger charge is 2.32. The maximum absolute atomic E-state index is 14.0. The number of halogens is 1. The van der Waals surface area contributed by atoms with Crippen molar-refractivity contribution in [2.75, 3.05) is 49.1 Å². The van der Waals surface area contributed by atoms with E-state index in [1.165, 1.54) is 6.07 Å². The first-order valence-electron chi connectivity index (χ1n) is 10.6. The van der Waals surface area contributed by atoms with Gasteiger partial charge in [0.1, 0.15) is 11.3 Å². The summed E-state index contributed by atoms with van der Waals surface area (Å²) in [6.45, 7) is 4.12. The van der Waals surface area contributed by atoms with Crippen LogP contribution in [0.1, 0.15) is 12.8 Å². The number of carbonyl (C=O) groups excluding carboxylic acids is 1. The summed E-state index contributed by atoms with van der Waals surface area (Å²) >= 11 is 0. The van der Waals surface area contributed by atoms with Gasteiger partial charge in [-0.15, -0.1) is 0 Å². The number of fused-ring (bicyclic) bond motifs is 1. The molecule has 7 heteroatoms. The van der Waals surface area contributed by atoms with E-state index in [2.05, 4.69) is 9.88 Å². The fraction of sp³-hybridized carbons (Fsp3) is 0.391. The summed E-state index contributed by atoms with van der Waals surface area (Å²) in [5, 5.41) is 0. The van der Waals surface area contributed by atoms with Crippen LogP contribution in [-0.4, -0.2) is 55.1 Å². The van der Waals surface area contributed by atoms with Gasteiger partial charge in [0.05, 0.1) is 5.69 Å². The molecular formula is C23H25FN4O2. The Balaban J connectivity index is 1.16. The molecule has 0 saturated carbocycles. The minimum atomic E-state index is -0.205. The van der Waals surface area contributed by atoms with Crippen molar-refractivity contribution in [3.8, 4) is 0 Å². The van der Waals surface area contributed by atoms with E-state index >= 15 is 0 Å². The van der Waals surface area contributed by atoms with E-state index in [1.807, 2.05) is 40.1 Å². The van der Waals surface area contributed by atoms with Gasteiger partial charge in [-0.3, -0.25) is 4.79 Å². The molecule has 0 atom stereocenters. The molecule has 0 bridgehead atoms. The summed E-state index contributed by atoms with van der Waals surface area (Å²) in [5.74, 6) is 0.0508. The molecule has 2 fully saturated rings. The molecule has 3 aromatic rings. The number of carbonyl (C=O) groups is 1. The second-order valence-corrected chi connectivity index (χ2v) is 7.99. The predicted octanol–water partition coefficient (Wildman–Crippen LogP) is 3.53. The first kappa shape index (κ1) is 18.9. The van der Waals surface area contributed by atoms with E-state index in [-0.39, 0.29) is 17.6 Å². The molecule has 1 aromatic heterocycles. The summed E-state index contributed by atoms with van der Waals surface area (Å²) in [7, 11) is 0. The second kappa shape index (κ2) is 7.97. The minimum absolute atomic E-state index is 0.0330. The third-order valence-electron chi connectivity index (χ3n) is 6.18. The Morgan fingerprint density at radius 1 is 0.900 bits per heavy atom. The van der Waals surface area contributed by atoms with E-state index in [0.29, 0.717) is 37.9 Å². The zero-order valence-corrected chi connectivity index (χ0v) is 16.8. The summed E-state index contributed by atoms with van der Waals surface area (Å²) < 4.78 is 19.9. The molecule has 0 aliphatic carbocycles. The molecule has 30 heavy (non-hydrogen) atoms. The smallest absolute Gasteiger partial charge is 0.298 e. The molecule has 3 heterocycles. The number of benzene rings is 2. The average molecular weight is 408 g/mol. The number of hydrogen-bond donors (Lipinski definition) is 0. The molecule has 156 valence electrons. The topological polar surface area (TPSA) is 52.8 Å². The van der Waals surface area contributed by atoms with Crippen molar-refractivity contribution in [1.82, 2.24) is 9.88 Å². The van der Waals surface area contributed by atoms with Crippen LogP contribution in [0.5, 0.6) is 0 Å². The summed E-state index contributed by atoms with van der Waals surface area (Å²) in [5.41, 5.74) is 2.27. The molecule has 2 saturated heterocycles. The van der Waals surface area contributed by atoms with Gasteiger partial charge in [-0.25, -0.2) is 4.39 Å². The Kier molecular flexibility index (Phi) is 5.02. The Labute approximate surface area is 174 Å². The first-order chi connectivity index (χ1) is 14.7. The van der Waals surface area contributed by atoms with Gasteiger partial charge >= 0.3 is 0 Å². The van der Waals surface area contributed by atoms with E-state index in [0.717, 1.165) is 37.0 Å². The van der Waals surface area contributed by atoms with Crippen LogP contribution < -0.4 is 9.80 Å². The fourth-order valence-corrected chi connectivity index (χ4v) is 4.45. The van der Waals surface area contributed by atoms with Crippen LogP contribution in [0.4, 0.5) is 16.1 Å². The van der Waals surface area contributed by atoms with Crippen LogP contribution in [0.25, 0.3) is 11.1 Å². The summed E-state index contributed by atoms with van der Waals surface area (Å²) in [6, 6.07) is 15.2. The van der Waals surface area contributed by atoms with Gasteiger partial charge in [0.25, 0.3) is 6.01 Å². The van der Waals surface area contributed by atoms with Crippen molar-refractivity contribution in [3.63, 3.8) is 0 Å². The maximum Gasteiger partial charge on any atom is 0.298 e. The van der Waals surface area contributed by atoms with Crippen molar-refractivity contribution in [1.29, 1.82) is 0 Å². The summed E-state index contributed by atoms with van der Waals surface area (Å²) in [6.07, 6.45) is 1.59. The van der Waals surface area contributed by atoms with Crippen LogP contribution in [0, 0.1) is 11.7 Å². The third kappa shape index (κ3) is 3.60. The summed E-state index contributed by atoms with van der Waals surface area (Å²) in [4.78, 5) is 23.7. The van der Waals surface area contributed by atoms with E-state index < -0.39 is 0 Å². The fourth-order valence-electron chi connectivity index (χ4n) is 4.45. The average Bonchev–Trinajstić information content (AvgIpc) is 3.24. The lowest BCUT2D eigenvalue weighted by Gasteiger charge is -2.39. The number of piperazine rings is 1. The predicted molar refractivity (Wildman–Crippen MR) is 114 cm³/mol. The molecule has 0 spiro atoms. The normalized spacial score (nSPS) is 18.2. The standard InChI is InChI=1S/C23H25FN4O2/c24-18-5-1-3-7-20(18)26-13-15-27(16-14-26)22(29)17-9-11-28(12-10-17)23-25-19-6-2-4-8-21(19)30-23/h1-8,17H,9-16H2. The number of aromatic nitrogens is 1. The maximum atomic E-state index is 14.0. The van der Waals surface area contributed by atoms with Gasteiger partial charge < -0.3 is 19.1 Å². The number of piperidine rings is 1. The number of amides is 1. The van der Waals surface area contributed by atoms with Crippen LogP contribution in [0.15, 0.2) is 52.9 Å². The van der Waals surface area contributed by atoms with Gasteiger partial charge in [0, 0.05) is 45.2 Å². The first-order valence-corrected chi connectivity index (χ1v) is 10.6. The Bertz CT molecular complexity index is 1000. The zero-order valence-electron chi connectivity index (χ0n) is 16.8. The molecule has 6 nitrogen and oxygen atoms in total. The van der Waals surface area contributed by atoms with Crippen molar-refractivity contribution >= 4 is 28.7 Å². The molecule has 0 unspecified atom stereocenters. The highest BCUT2D eigenvalue weighted by molar-refractivity contribution is 5.79. The molecule has 0 radical (unpaired) electrons. The number of nitrogens with zero attached hydrogens (tertiary/aromatic N) is 4. The largest absolute Gasteiger partial charge is 0.423 e. The van der Waals surface area contributed by atoms with Crippen molar-refractivity contribution in [2.24, 2.45) is 5.92 Å². The quantitative estimate of drug-likeness (QED) is 0.664. The zero-order chi connectivity index (χ0) is 20.5. The van der Waals surface area contributed by atoms with Crippen LogP contribution in [0.2, 0.25) is 0 Å². The molecule has 2 aromatic carbocycles. The van der Waals surface area contributed by atoms with Crippen molar-refractivity contribution in [3.05, 3.63) is 54.3 Å². The van der Waals surface area contributed by atoms with Gasteiger partial charge in [-0.1, -0.05) is 24.3 Å². The molecule has 1 amide bonds. The Morgan fingerprint density at radius 2 is 1.60 bits per heavy atom. The number of hydrogen-bond acceptors (Lipinski definition) is 5.